The van der Waals surface area contributed by atoms with Crippen molar-refractivity contribution in [2.24, 2.45) is 11.1 Å². The maximum Gasteiger partial charge on any atom is 0.166 e. The van der Waals surface area contributed by atoms with Crippen LogP contribution in [-0.2, 0) is 6.54 Å². The predicted molar refractivity (Wildman–Crippen MR) is 61.3 cm³/mol. The molecule has 0 aliphatic rings. The van der Waals surface area contributed by atoms with E-state index in [1.807, 2.05) is 20.8 Å². The van der Waals surface area contributed by atoms with Crippen molar-refractivity contribution in [1.29, 1.82) is 5.26 Å². The molecule has 5 heteroatoms. The molecule has 0 radical (unpaired) electrons. The summed E-state index contributed by atoms with van der Waals surface area (Å²) in [5.41, 5.74) is 5.41. The fourth-order valence-electron chi connectivity index (χ4n) is 1.36. The Labute approximate surface area is 96.3 Å². The maximum atomic E-state index is 8.87. The van der Waals surface area contributed by atoms with Gasteiger partial charge in [0.1, 0.15) is 6.33 Å². The highest BCUT2D eigenvalue weighted by atomic mass is 15.3. The number of hydrogen-bond acceptors (Lipinski definition) is 4. The van der Waals surface area contributed by atoms with E-state index in [0.29, 0.717) is 5.82 Å². The van der Waals surface area contributed by atoms with Crippen molar-refractivity contribution >= 4 is 0 Å². The number of aromatic nitrogens is 3. The van der Waals surface area contributed by atoms with Crippen LogP contribution in [0, 0.1) is 16.7 Å². The number of nitrogens with zero attached hydrogens (tertiary/aromatic N) is 4. The van der Waals surface area contributed by atoms with E-state index in [1.165, 1.54) is 0 Å². The van der Waals surface area contributed by atoms with E-state index < -0.39 is 0 Å². The summed E-state index contributed by atoms with van der Waals surface area (Å²) in [6.07, 6.45) is 3.47. The first-order chi connectivity index (χ1) is 7.44. The van der Waals surface area contributed by atoms with Crippen molar-refractivity contribution in [2.45, 2.75) is 46.2 Å². The van der Waals surface area contributed by atoms with E-state index in [0.717, 1.165) is 19.4 Å². The molecule has 0 amide bonds. The molecule has 5 nitrogen and oxygen atoms in total. The third-order valence-corrected chi connectivity index (χ3v) is 2.45. The van der Waals surface area contributed by atoms with E-state index in [9.17, 15) is 0 Å². The zero-order chi connectivity index (χ0) is 12.2. The van der Waals surface area contributed by atoms with Crippen LogP contribution in [0.5, 0.6) is 0 Å². The summed E-state index contributed by atoms with van der Waals surface area (Å²) >= 11 is 0. The summed E-state index contributed by atoms with van der Waals surface area (Å²) in [6.45, 7) is 6.53. The van der Waals surface area contributed by atoms with Gasteiger partial charge >= 0.3 is 0 Å². The summed E-state index contributed by atoms with van der Waals surface area (Å²) in [5, 5.41) is 13.1. The maximum absolute atomic E-state index is 8.87. The molecule has 1 unspecified atom stereocenters. The Balaban J connectivity index is 2.41. The number of aryl methyl sites for hydroxylation is 1. The van der Waals surface area contributed by atoms with Gasteiger partial charge in [-0.1, -0.05) is 0 Å². The molecule has 0 saturated carbocycles. The second-order valence-corrected chi connectivity index (χ2v) is 4.75. The fourth-order valence-corrected chi connectivity index (χ4v) is 1.36. The third kappa shape index (κ3) is 3.63. The van der Waals surface area contributed by atoms with Crippen LogP contribution >= 0.6 is 0 Å². The summed E-state index contributed by atoms with van der Waals surface area (Å²) in [6, 6.07) is 2.16. The monoisotopic (exact) mass is 221 g/mol. The molecule has 1 aromatic rings. The van der Waals surface area contributed by atoms with Crippen LogP contribution < -0.4 is 5.73 Å². The van der Waals surface area contributed by atoms with Crippen LogP contribution in [-0.4, -0.2) is 14.8 Å². The molecular formula is C11H19N5. The van der Waals surface area contributed by atoms with E-state index in [4.69, 9.17) is 11.0 Å². The first kappa shape index (κ1) is 12.7. The molecule has 1 aromatic heterocycles. The molecule has 1 atom stereocenters. The van der Waals surface area contributed by atoms with Crippen LogP contribution in [0.1, 0.15) is 45.5 Å². The highest BCUT2D eigenvalue weighted by molar-refractivity contribution is 4.91. The molecule has 0 bridgehead atoms. The Morgan fingerprint density at radius 3 is 2.81 bits per heavy atom. The molecule has 0 spiro atoms. The molecule has 0 aliphatic heterocycles. The summed E-state index contributed by atoms with van der Waals surface area (Å²) in [5.74, 6) is 0.666. The van der Waals surface area contributed by atoms with Crippen molar-refractivity contribution in [2.75, 3.05) is 0 Å². The second kappa shape index (κ2) is 5.08. The topological polar surface area (TPSA) is 80.5 Å². The predicted octanol–water partition coefficient (Wildman–Crippen LogP) is 1.63. The van der Waals surface area contributed by atoms with Crippen molar-refractivity contribution in [3.8, 4) is 6.07 Å². The van der Waals surface area contributed by atoms with Gasteiger partial charge in [0.2, 0.25) is 0 Å². The van der Waals surface area contributed by atoms with Crippen LogP contribution in [0.15, 0.2) is 6.33 Å². The lowest BCUT2D eigenvalue weighted by atomic mass is 9.90. The third-order valence-electron chi connectivity index (χ3n) is 2.45. The minimum absolute atomic E-state index is 0.128. The normalized spacial score (nSPS) is 13.4. The van der Waals surface area contributed by atoms with Crippen LogP contribution in [0.4, 0.5) is 0 Å². The standard InChI is InChI=1S/C11H19N5/c1-9(13)10-14-8-16(15-10)6-4-5-11(2,3)7-12/h8-9H,4-6,13H2,1-3H3. The highest BCUT2D eigenvalue weighted by Crippen LogP contribution is 2.20. The van der Waals surface area contributed by atoms with Gasteiger partial charge in [-0.25, -0.2) is 4.98 Å². The lowest BCUT2D eigenvalue weighted by Gasteiger charge is -2.13. The molecule has 0 saturated heterocycles. The van der Waals surface area contributed by atoms with Crippen molar-refractivity contribution in [1.82, 2.24) is 14.8 Å². The minimum Gasteiger partial charge on any atom is -0.321 e. The lowest BCUT2D eigenvalue weighted by Crippen LogP contribution is -2.11. The molecular weight excluding hydrogens is 202 g/mol. The Kier molecular flexibility index (Phi) is 4.02. The average molecular weight is 221 g/mol. The smallest absolute Gasteiger partial charge is 0.166 e. The van der Waals surface area contributed by atoms with E-state index in [1.54, 1.807) is 11.0 Å². The highest BCUT2D eigenvalue weighted by Gasteiger charge is 2.15. The van der Waals surface area contributed by atoms with E-state index in [-0.39, 0.29) is 11.5 Å². The van der Waals surface area contributed by atoms with Gasteiger partial charge < -0.3 is 5.73 Å². The van der Waals surface area contributed by atoms with Gasteiger partial charge in [-0.05, 0) is 33.6 Å². The molecule has 1 rings (SSSR count). The molecule has 0 fully saturated rings. The van der Waals surface area contributed by atoms with Crippen LogP contribution in [0.25, 0.3) is 0 Å². The molecule has 0 aromatic carbocycles. The van der Waals surface area contributed by atoms with Gasteiger partial charge in [0.15, 0.2) is 5.82 Å². The fraction of sp³-hybridized carbons (Fsp3) is 0.727. The van der Waals surface area contributed by atoms with Gasteiger partial charge in [0.25, 0.3) is 0 Å². The molecule has 1 heterocycles. The summed E-state index contributed by atoms with van der Waals surface area (Å²) < 4.78 is 1.78. The number of nitriles is 1. The van der Waals surface area contributed by atoms with E-state index in [2.05, 4.69) is 16.2 Å². The Morgan fingerprint density at radius 2 is 2.31 bits per heavy atom. The first-order valence-corrected chi connectivity index (χ1v) is 5.51. The number of nitrogens with two attached hydrogens (primary N) is 1. The van der Waals surface area contributed by atoms with Crippen molar-refractivity contribution in [3.63, 3.8) is 0 Å². The van der Waals surface area contributed by atoms with Gasteiger partial charge in [-0.2, -0.15) is 10.4 Å². The second-order valence-electron chi connectivity index (χ2n) is 4.75. The van der Waals surface area contributed by atoms with Gasteiger partial charge in [0.05, 0.1) is 17.5 Å². The SMILES string of the molecule is CC(N)c1ncn(CCCC(C)(C)C#N)n1. The Morgan fingerprint density at radius 1 is 1.62 bits per heavy atom. The zero-order valence-electron chi connectivity index (χ0n) is 10.1. The number of rotatable bonds is 5. The minimum atomic E-state index is -0.259. The Hall–Kier alpha value is -1.41. The molecule has 2 N–H and O–H groups in total. The zero-order valence-corrected chi connectivity index (χ0v) is 10.1. The number of hydrogen-bond donors (Lipinski definition) is 1. The van der Waals surface area contributed by atoms with Crippen LogP contribution in [0.3, 0.4) is 0 Å². The van der Waals surface area contributed by atoms with Crippen molar-refractivity contribution in [3.05, 3.63) is 12.2 Å². The van der Waals surface area contributed by atoms with Gasteiger partial charge in [0, 0.05) is 6.54 Å². The Bertz CT molecular complexity index is 372. The molecule has 88 valence electrons. The van der Waals surface area contributed by atoms with Crippen LogP contribution in [0.2, 0.25) is 0 Å². The first-order valence-electron chi connectivity index (χ1n) is 5.51. The lowest BCUT2D eigenvalue weighted by molar-refractivity contribution is 0.406. The van der Waals surface area contributed by atoms with E-state index >= 15 is 0 Å². The molecule has 0 aliphatic carbocycles. The quantitative estimate of drug-likeness (QED) is 0.819. The molecule has 16 heavy (non-hydrogen) atoms. The van der Waals surface area contributed by atoms with Gasteiger partial charge in [-0.3, -0.25) is 4.68 Å². The summed E-state index contributed by atoms with van der Waals surface area (Å²) in [4.78, 5) is 4.11. The summed E-state index contributed by atoms with van der Waals surface area (Å²) in [7, 11) is 0. The largest absolute Gasteiger partial charge is 0.321 e. The van der Waals surface area contributed by atoms with Crippen molar-refractivity contribution < 1.29 is 0 Å². The van der Waals surface area contributed by atoms with Gasteiger partial charge in [-0.15, -0.1) is 0 Å². The average Bonchev–Trinajstić information content (AvgIpc) is 2.66.